The van der Waals surface area contributed by atoms with E-state index in [2.05, 4.69) is 31.0 Å². The Morgan fingerprint density at radius 3 is 2.88 bits per heavy atom. The van der Waals surface area contributed by atoms with Crippen LogP contribution < -0.4 is 5.73 Å². The minimum Gasteiger partial charge on any atom is -0.441 e. The Morgan fingerprint density at radius 2 is 2.19 bits per heavy atom. The summed E-state index contributed by atoms with van der Waals surface area (Å²) < 4.78 is 5.58. The van der Waals surface area contributed by atoms with Gasteiger partial charge in [-0.3, -0.25) is 0 Å². The first-order valence-corrected chi connectivity index (χ1v) is 5.77. The molecule has 0 saturated carbocycles. The summed E-state index contributed by atoms with van der Waals surface area (Å²) >= 11 is 0. The third-order valence-corrected chi connectivity index (χ3v) is 2.50. The van der Waals surface area contributed by atoms with Gasteiger partial charge in [0, 0.05) is 13.0 Å². The first-order valence-electron chi connectivity index (χ1n) is 5.77. The highest BCUT2D eigenvalue weighted by Gasteiger charge is 2.06. The summed E-state index contributed by atoms with van der Waals surface area (Å²) in [6, 6.07) is 6.22. The molecule has 86 valence electrons. The first kappa shape index (κ1) is 11.1. The van der Waals surface area contributed by atoms with Crippen LogP contribution in [-0.2, 0) is 12.8 Å². The molecule has 16 heavy (non-hydrogen) atoms. The Kier molecular flexibility index (Phi) is 3.25. The zero-order chi connectivity index (χ0) is 11.5. The molecule has 2 aromatic rings. The number of nitrogens with zero attached hydrogens (tertiary/aromatic N) is 1. The standard InChI is InChI=1S/C13H18N2O/c1-9(2)7-10-3-4-12-11(8-10)15-13(16-12)5-6-14/h3-4,8-9H,5-7,14H2,1-2H3. The maximum Gasteiger partial charge on any atom is 0.196 e. The van der Waals surface area contributed by atoms with Crippen LogP contribution in [0.25, 0.3) is 11.1 Å². The van der Waals surface area contributed by atoms with E-state index in [4.69, 9.17) is 10.2 Å². The average Bonchev–Trinajstić information content (AvgIpc) is 2.59. The molecule has 0 unspecified atom stereocenters. The maximum atomic E-state index is 5.58. The fourth-order valence-corrected chi connectivity index (χ4v) is 1.85. The first-order chi connectivity index (χ1) is 7.69. The van der Waals surface area contributed by atoms with Crippen LogP contribution >= 0.6 is 0 Å². The second-order valence-electron chi connectivity index (χ2n) is 4.55. The van der Waals surface area contributed by atoms with Crippen molar-refractivity contribution in [3.05, 3.63) is 29.7 Å². The van der Waals surface area contributed by atoms with E-state index in [1.54, 1.807) is 0 Å². The van der Waals surface area contributed by atoms with E-state index in [-0.39, 0.29) is 0 Å². The van der Waals surface area contributed by atoms with E-state index in [0.717, 1.165) is 23.4 Å². The highest BCUT2D eigenvalue weighted by atomic mass is 16.3. The van der Waals surface area contributed by atoms with Crippen LogP contribution in [0.5, 0.6) is 0 Å². The molecule has 0 fully saturated rings. The zero-order valence-electron chi connectivity index (χ0n) is 9.86. The molecule has 0 bridgehead atoms. The van der Waals surface area contributed by atoms with Gasteiger partial charge in [0.2, 0.25) is 0 Å². The highest BCUT2D eigenvalue weighted by molar-refractivity contribution is 5.73. The molecule has 2 N–H and O–H groups in total. The lowest BCUT2D eigenvalue weighted by molar-refractivity contribution is 0.531. The average molecular weight is 218 g/mol. The molecule has 0 radical (unpaired) electrons. The largest absolute Gasteiger partial charge is 0.441 e. The molecule has 3 heteroatoms. The van der Waals surface area contributed by atoms with Crippen LogP contribution in [0.15, 0.2) is 22.6 Å². The van der Waals surface area contributed by atoms with Gasteiger partial charge in [-0.2, -0.15) is 0 Å². The van der Waals surface area contributed by atoms with Crippen molar-refractivity contribution in [1.29, 1.82) is 0 Å². The monoisotopic (exact) mass is 218 g/mol. The number of fused-ring (bicyclic) bond motifs is 1. The fourth-order valence-electron chi connectivity index (χ4n) is 1.85. The predicted octanol–water partition coefficient (Wildman–Crippen LogP) is 2.53. The second-order valence-corrected chi connectivity index (χ2v) is 4.55. The van der Waals surface area contributed by atoms with Crippen molar-refractivity contribution < 1.29 is 4.42 Å². The molecule has 0 aliphatic rings. The molecule has 0 amide bonds. The van der Waals surface area contributed by atoms with Crippen LogP contribution in [-0.4, -0.2) is 11.5 Å². The summed E-state index contributed by atoms with van der Waals surface area (Å²) in [5.74, 6) is 1.40. The zero-order valence-corrected chi connectivity index (χ0v) is 9.86. The SMILES string of the molecule is CC(C)Cc1ccc2oc(CCN)nc2c1. The molecule has 1 aromatic carbocycles. The molecule has 0 aliphatic carbocycles. The van der Waals surface area contributed by atoms with Crippen molar-refractivity contribution in [2.45, 2.75) is 26.7 Å². The van der Waals surface area contributed by atoms with E-state index in [0.29, 0.717) is 18.9 Å². The van der Waals surface area contributed by atoms with Crippen LogP contribution in [0.4, 0.5) is 0 Å². The minimum atomic E-state index is 0.575. The lowest BCUT2D eigenvalue weighted by Crippen LogP contribution is -2.02. The predicted molar refractivity (Wildman–Crippen MR) is 65.3 cm³/mol. The molecule has 3 nitrogen and oxygen atoms in total. The minimum absolute atomic E-state index is 0.575. The number of benzene rings is 1. The Hall–Kier alpha value is -1.35. The Bertz CT molecular complexity index is 474. The Morgan fingerprint density at radius 1 is 1.38 bits per heavy atom. The highest BCUT2D eigenvalue weighted by Crippen LogP contribution is 2.19. The number of aromatic nitrogens is 1. The third-order valence-electron chi connectivity index (χ3n) is 2.50. The van der Waals surface area contributed by atoms with Crippen LogP contribution in [0, 0.1) is 5.92 Å². The van der Waals surface area contributed by atoms with Gasteiger partial charge in [0.05, 0.1) is 0 Å². The second kappa shape index (κ2) is 4.66. The van der Waals surface area contributed by atoms with Crippen LogP contribution in [0.3, 0.4) is 0 Å². The van der Waals surface area contributed by atoms with Gasteiger partial charge in [0.15, 0.2) is 11.5 Å². The van der Waals surface area contributed by atoms with Gasteiger partial charge in [0.25, 0.3) is 0 Å². The Balaban J connectivity index is 2.30. The van der Waals surface area contributed by atoms with Crippen molar-refractivity contribution in [2.75, 3.05) is 6.54 Å². The normalized spacial score (nSPS) is 11.5. The lowest BCUT2D eigenvalue weighted by Gasteiger charge is -2.03. The molecule has 2 rings (SSSR count). The molecular formula is C13H18N2O. The van der Waals surface area contributed by atoms with E-state index >= 15 is 0 Å². The van der Waals surface area contributed by atoms with Crippen molar-refractivity contribution >= 4 is 11.1 Å². The van der Waals surface area contributed by atoms with Gasteiger partial charge in [-0.05, 0) is 30.0 Å². The van der Waals surface area contributed by atoms with Gasteiger partial charge < -0.3 is 10.2 Å². The molecular weight excluding hydrogens is 200 g/mol. The van der Waals surface area contributed by atoms with E-state index in [1.165, 1.54) is 5.56 Å². The van der Waals surface area contributed by atoms with Crippen molar-refractivity contribution in [3.8, 4) is 0 Å². The smallest absolute Gasteiger partial charge is 0.196 e. The maximum absolute atomic E-state index is 5.58. The van der Waals surface area contributed by atoms with Gasteiger partial charge in [-0.15, -0.1) is 0 Å². The van der Waals surface area contributed by atoms with Gasteiger partial charge >= 0.3 is 0 Å². The number of hydrogen-bond donors (Lipinski definition) is 1. The van der Waals surface area contributed by atoms with E-state index in [9.17, 15) is 0 Å². The third kappa shape index (κ3) is 2.42. The summed E-state index contributed by atoms with van der Waals surface area (Å²) in [5, 5.41) is 0. The molecule has 1 heterocycles. The van der Waals surface area contributed by atoms with E-state index < -0.39 is 0 Å². The van der Waals surface area contributed by atoms with Gasteiger partial charge in [0.1, 0.15) is 5.52 Å². The molecule has 0 saturated heterocycles. The van der Waals surface area contributed by atoms with Crippen LogP contribution in [0.1, 0.15) is 25.3 Å². The summed E-state index contributed by atoms with van der Waals surface area (Å²) in [6.07, 6.45) is 1.78. The summed E-state index contributed by atoms with van der Waals surface area (Å²) in [5.41, 5.74) is 8.60. The summed E-state index contributed by atoms with van der Waals surface area (Å²) in [7, 11) is 0. The Labute approximate surface area is 95.7 Å². The van der Waals surface area contributed by atoms with E-state index in [1.807, 2.05) is 6.07 Å². The summed E-state index contributed by atoms with van der Waals surface area (Å²) in [4.78, 5) is 4.42. The van der Waals surface area contributed by atoms with Crippen molar-refractivity contribution in [3.63, 3.8) is 0 Å². The van der Waals surface area contributed by atoms with Crippen molar-refractivity contribution in [1.82, 2.24) is 4.98 Å². The number of oxazole rings is 1. The lowest BCUT2D eigenvalue weighted by atomic mass is 10.0. The number of hydrogen-bond acceptors (Lipinski definition) is 3. The van der Waals surface area contributed by atoms with Gasteiger partial charge in [-0.25, -0.2) is 4.98 Å². The van der Waals surface area contributed by atoms with Gasteiger partial charge in [-0.1, -0.05) is 19.9 Å². The van der Waals surface area contributed by atoms with Crippen LogP contribution in [0.2, 0.25) is 0 Å². The molecule has 0 aliphatic heterocycles. The molecule has 1 aromatic heterocycles. The quantitative estimate of drug-likeness (QED) is 0.858. The van der Waals surface area contributed by atoms with Crippen molar-refractivity contribution in [2.24, 2.45) is 11.7 Å². The number of nitrogens with two attached hydrogens (primary N) is 1. The molecule has 0 atom stereocenters. The summed E-state index contributed by atoms with van der Waals surface area (Å²) in [6.45, 7) is 5.01. The fraction of sp³-hybridized carbons (Fsp3) is 0.462. The molecule has 0 spiro atoms. The topological polar surface area (TPSA) is 52.0 Å². The number of rotatable bonds is 4.